The van der Waals surface area contributed by atoms with Gasteiger partial charge in [-0.2, -0.15) is 0 Å². The summed E-state index contributed by atoms with van der Waals surface area (Å²) in [5.74, 6) is 0. The standard InChI is InChI=1S/C11H15NO2/c13-11(9-4-2-1-3-5-9)10-8-12-6-7-14-10/h1-5,10-13H,6-8H2/t10?,11-/m1/s1. The zero-order valence-corrected chi connectivity index (χ0v) is 8.02. The molecule has 1 aromatic rings. The van der Waals surface area contributed by atoms with E-state index in [-0.39, 0.29) is 6.10 Å². The highest BCUT2D eigenvalue weighted by Crippen LogP contribution is 2.19. The smallest absolute Gasteiger partial charge is 0.106 e. The molecule has 1 heterocycles. The SMILES string of the molecule is O[C@H](c1ccccc1)C1CNCCO1. The van der Waals surface area contributed by atoms with E-state index in [0.29, 0.717) is 6.61 Å². The summed E-state index contributed by atoms with van der Waals surface area (Å²) in [4.78, 5) is 0. The van der Waals surface area contributed by atoms with Crippen molar-refractivity contribution in [3.63, 3.8) is 0 Å². The second kappa shape index (κ2) is 4.55. The normalized spacial score (nSPS) is 24.5. The summed E-state index contributed by atoms with van der Waals surface area (Å²) in [6.07, 6.45) is -0.643. The van der Waals surface area contributed by atoms with E-state index < -0.39 is 6.10 Å². The lowest BCUT2D eigenvalue weighted by Crippen LogP contribution is -2.41. The highest BCUT2D eigenvalue weighted by Gasteiger charge is 2.23. The molecule has 3 nitrogen and oxygen atoms in total. The first-order valence-electron chi connectivity index (χ1n) is 4.93. The van der Waals surface area contributed by atoms with E-state index in [0.717, 1.165) is 18.7 Å². The molecule has 14 heavy (non-hydrogen) atoms. The highest BCUT2D eigenvalue weighted by atomic mass is 16.5. The van der Waals surface area contributed by atoms with Gasteiger partial charge in [-0.05, 0) is 5.56 Å². The third-order valence-electron chi connectivity index (χ3n) is 2.45. The van der Waals surface area contributed by atoms with Crippen LogP contribution >= 0.6 is 0 Å². The molecule has 1 aromatic carbocycles. The topological polar surface area (TPSA) is 41.5 Å². The van der Waals surface area contributed by atoms with Gasteiger partial charge in [-0.1, -0.05) is 30.3 Å². The van der Waals surface area contributed by atoms with Crippen molar-refractivity contribution < 1.29 is 9.84 Å². The first kappa shape index (κ1) is 9.65. The van der Waals surface area contributed by atoms with E-state index in [4.69, 9.17) is 4.74 Å². The zero-order chi connectivity index (χ0) is 9.80. The maximum Gasteiger partial charge on any atom is 0.106 e. The molecule has 0 bridgehead atoms. The van der Waals surface area contributed by atoms with Crippen LogP contribution in [-0.4, -0.2) is 30.9 Å². The maximum atomic E-state index is 9.98. The predicted molar refractivity (Wildman–Crippen MR) is 54.0 cm³/mol. The number of benzene rings is 1. The largest absolute Gasteiger partial charge is 0.386 e. The number of rotatable bonds is 2. The summed E-state index contributed by atoms with van der Waals surface area (Å²) >= 11 is 0. The van der Waals surface area contributed by atoms with Crippen LogP contribution < -0.4 is 5.32 Å². The van der Waals surface area contributed by atoms with Crippen molar-refractivity contribution in [2.24, 2.45) is 0 Å². The molecule has 0 aromatic heterocycles. The summed E-state index contributed by atoms with van der Waals surface area (Å²) in [5, 5.41) is 13.2. The van der Waals surface area contributed by atoms with Crippen molar-refractivity contribution in [1.82, 2.24) is 5.32 Å². The zero-order valence-electron chi connectivity index (χ0n) is 8.02. The minimum absolute atomic E-state index is 0.119. The molecule has 1 saturated heterocycles. The number of aliphatic hydroxyl groups excluding tert-OH is 1. The van der Waals surface area contributed by atoms with Crippen LogP contribution in [0.25, 0.3) is 0 Å². The summed E-state index contributed by atoms with van der Waals surface area (Å²) in [7, 11) is 0. The molecule has 2 rings (SSSR count). The average molecular weight is 193 g/mol. The molecule has 76 valence electrons. The molecule has 0 saturated carbocycles. The Morgan fingerprint density at radius 2 is 2.14 bits per heavy atom. The molecular weight excluding hydrogens is 178 g/mol. The van der Waals surface area contributed by atoms with Gasteiger partial charge in [-0.15, -0.1) is 0 Å². The number of nitrogens with one attached hydrogen (secondary N) is 1. The van der Waals surface area contributed by atoms with Crippen molar-refractivity contribution in [1.29, 1.82) is 0 Å². The average Bonchev–Trinajstić information content (AvgIpc) is 2.30. The predicted octanol–water partition coefficient (Wildman–Crippen LogP) is 0.708. The van der Waals surface area contributed by atoms with Gasteiger partial charge >= 0.3 is 0 Å². The van der Waals surface area contributed by atoms with Crippen LogP contribution in [0, 0.1) is 0 Å². The van der Waals surface area contributed by atoms with Gasteiger partial charge in [0.1, 0.15) is 6.10 Å². The minimum Gasteiger partial charge on any atom is -0.386 e. The molecule has 0 amide bonds. The van der Waals surface area contributed by atoms with Crippen LogP contribution in [0.2, 0.25) is 0 Å². The number of morpholine rings is 1. The van der Waals surface area contributed by atoms with E-state index in [9.17, 15) is 5.11 Å². The van der Waals surface area contributed by atoms with Crippen LogP contribution in [0.4, 0.5) is 0 Å². The van der Waals surface area contributed by atoms with Gasteiger partial charge in [0.2, 0.25) is 0 Å². The molecule has 0 aliphatic carbocycles. The van der Waals surface area contributed by atoms with Gasteiger partial charge in [0.05, 0.1) is 12.7 Å². The van der Waals surface area contributed by atoms with Gasteiger partial charge in [0.15, 0.2) is 0 Å². The molecule has 3 heteroatoms. The molecular formula is C11H15NO2. The van der Waals surface area contributed by atoms with E-state index in [1.165, 1.54) is 0 Å². The number of ether oxygens (including phenoxy) is 1. The van der Waals surface area contributed by atoms with Crippen molar-refractivity contribution in [2.75, 3.05) is 19.7 Å². The van der Waals surface area contributed by atoms with E-state index in [1.54, 1.807) is 0 Å². The Morgan fingerprint density at radius 3 is 2.79 bits per heavy atom. The Balaban J connectivity index is 2.03. The van der Waals surface area contributed by atoms with E-state index in [2.05, 4.69) is 5.32 Å². The number of hydrogen-bond donors (Lipinski definition) is 2. The number of hydrogen-bond acceptors (Lipinski definition) is 3. The first-order valence-corrected chi connectivity index (χ1v) is 4.93. The third kappa shape index (κ3) is 2.12. The van der Waals surface area contributed by atoms with Crippen molar-refractivity contribution in [3.8, 4) is 0 Å². The minimum atomic E-state index is -0.524. The lowest BCUT2D eigenvalue weighted by molar-refractivity contribution is -0.0536. The Morgan fingerprint density at radius 1 is 1.36 bits per heavy atom. The van der Waals surface area contributed by atoms with Gasteiger partial charge in [0, 0.05) is 13.1 Å². The van der Waals surface area contributed by atoms with E-state index >= 15 is 0 Å². The molecule has 2 atom stereocenters. The maximum absolute atomic E-state index is 9.98. The second-order valence-corrected chi connectivity index (χ2v) is 3.47. The fourth-order valence-corrected chi connectivity index (χ4v) is 1.65. The summed E-state index contributed by atoms with van der Waals surface area (Å²) in [6.45, 7) is 2.27. The molecule has 1 aliphatic rings. The monoisotopic (exact) mass is 193 g/mol. The highest BCUT2D eigenvalue weighted by molar-refractivity contribution is 5.18. The van der Waals surface area contributed by atoms with Gasteiger partial charge < -0.3 is 15.2 Å². The second-order valence-electron chi connectivity index (χ2n) is 3.47. The number of aliphatic hydroxyl groups is 1. The lowest BCUT2D eigenvalue weighted by atomic mass is 10.0. The van der Waals surface area contributed by atoms with Crippen molar-refractivity contribution in [3.05, 3.63) is 35.9 Å². The molecule has 1 aliphatic heterocycles. The van der Waals surface area contributed by atoms with E-state index in [1.807, 2.05) is 30.3 Å². The quantitative estimate of drug-likeness (QED) is 0.726. The Hall–Kier alpha value is -0.900. The Labute approximate surface area is 83.7 Å². The van der Waals surface area contributed by atoms with Crippen molar-refractivity contribution >= 4 is 0 Å². The molecule has 1 unspecified atom stereocenters. The first-order chi connectivity index (χ1) is 6.88. The Bertz CT molecular complexity index is 270. The summed E-state index contributed by atoms with van der Waals surface area (Å²) in [6, 6.07) is 9.63. The van der Waals surface area contributed by atoms with Crippen LogP contribution in [0.15, 0.2) is 30.3 Å². The third-order valence-corrected chi connectivity index (χ3v) is 2.45. The van der Waals surface area contributed by atoms with Crippen LogP contribution in [0.5, 0.6) is 0 Å². The molecule has 2 N–H and O–H groups in total. The van der Waals surface area contributed by atoms with Crippen molar-refractivity contribution in [2.45, 2.75) is 12.2 Å². The van der Waals surface area contributed by atoms with Crippen LogP contribution in [0.3, 0.4) is 0 Å². The van der Waals surface area contributed by atoms with Gasteiger partial charge in [-0.25, -0.2) is 0 Å². The fraction of sp³-hybridized carbons (Fsp3) is 0.455. The van der Waals surface area contributed by atoms with Gasteiger partial charge in [0.25, 0.3) is 0 Å². The lowest BCUT2D eigenvalue weighted by Gasteiger charge is -2.27. The fourth-order valence-electron chi connectivity index (χ4n) is 1.65. The molecule has 1 fully saturated rings. The Kier molecular flexibility index (Phi) is 3.14. The summed E-state index contributed by atoms with van der Waals surface area (Å²) < 4.78 is 5.48. The summed E-state index contributed by atoms with van der Waals surface area (Å²) in [5.41, 5.74) is 0.918. The van der Waals surface area contributed by atoms with Gasteiger partial charge in [-0.3, -0.25) is 0 Å². The van der Waals surface area contributed by atoms with Crippen LogP contribution in [-0.2, 0) is 4.74 Å². The van der Waals surface area contributed by atoms with Crippen LogP contribution in [0.1, 0.15) is 11.7 Å². The molecule has 0 radical (unpaired) electrons. The molecule has 0 spiro atoms.